The van der Waals surface area contributed by atoms with Crippen LogP contribution in [0.4, 0.5) is 5.69 Å². The molecule has 0 saturated carbocycles. The molecule has 2 aromatic rings. The number of nitrogens with zero attached hydrogens (tertiary/aromatic N) is 2. The van der Waals surface area contributed by atoms with E-state index in [9.17, 15) is 14.7 Å². The number of carbonyl (C=O) groups excluding carboxylic acids is 2. The van der Waals surface area contributed by atoms with Gasteiger partial charge in [-0.3, -0.25) is 9.59 Å². The zero-order chi connectivity index (χ0) is 22.0. The van der Waals surface area contributed by atoms with Crippen molar-refractivity contribution in [2.24, 2.45) is 0 Å². The minimum absolute atomic E-state index is 0.0860. The van der Waals surface area contributed by atoms with Gasteiger partial charge < -0.3 is 19.6 Å². The van der Waals surface area contributed by atoms with Crippen LogP contribution in [-0.2, 0) is 17.8 Å². The second kappa shape index (κ2) is 8.61. The molecule has 30 heavy (non-hydrogen) atoms. The maximum Gasteiger partial charge on any atom is 0.257 e. The summed E-state index contributed by atoms with van der Waals surface area (Å²) in [7, 11) is 3.25. The van der Waals surface area contributed by atoms with Gasteiger partial charge in [0.05, 0.1) is 12.7 Å². The maximum absolute atomic E-state index is 13.2. The molecular formula is C24H28N2O4. The van der Waals surface area contributed by atoms with E-state index in [4.69, 9.17) is 4.74 Å². The van der Waals surface area contributed by atoms with Crippen LogP contribution >= 0.6 is 0 Å². The maximum atomic E-state index is 13.2. The molecule has 2 amide bonds. The zero-order valence-corrected chi connectivity index (χ0v) is 17.9. The topological polar surface area (TPSA) is 70.1 Å². The van der Waals surface area contributed by atoms with Crippen molar-refractivity contribution in [3.05, 3.63) is 65.2 Å². The van der Waals surface area contributed by atoms with E-state index in [0.717, 1.165) is 22.4 Å². The summed E-state index contributed by atoms with van der Waals surface area (Å²) >= 11 is 0. The Hall–Kier alpha value is -3.28. The molecule has 2 aromatic carbocycles. The van der Waals surface area contributed by atoms with Crippen LogP contribution in [0.15, 0.2) is 43.0 Å². The summed E-state index contributed by atoms with van der Waals surface area (Å²) in [4.78, 5) is 28.4. The summed E-state index contributed by atoms with van der Waals surface area (Å²) in [6, 6.07) is 9.07. The van der Waals surface area contributed by atoms with Gasteiger partial charge in [0, 0.05) is 31.9 Å². The fraction of sp³-hybridized carbons (Fsp3) is 0.333. The highest BCUT2D eigenvalue weighted by molar-refractivity contribution is 6.00. The molecule has 158 valence electrons. The van der Waals surface area contributed by atoms with Gasteiger partial charge in [-0.15, -0.1) is 0 Å². The Balaban J connectivity index is 1.89. The van der Waals surface area contributed by atoms with Crippen LogP contribution in [0.5, 0.6) is 11.5 Å². The highest BCUT2D eigenvalue weighted by Crippen LogP contribution is 2.34. The predicted octanol–water partition coefficient (Wildman–Crippen LogP) is 3.87. The lowest BCUT2D eigenvalue weighted by Gasteiger charge is -2.30. The molecule has 0 bridgehead atoms. The molecule has 1 aliphatic heterocycles. The van der Waals surface area contributed by atoms with E-state index < -0.39 is 0 Å². The van der Waals surface area contributed by atoms with Gasteiger partial charge in [0.1, 0.15) is 11.5 Å². The van der Waals surface area contributed by atoms with E-state index in [-0.39, 0.29) is 29.0 Å². The third-order valence-electron chi connectivity index (χ3n) is 5.58. The number of ether oxygens (including phenoxy) is 1. The summed E-state index contributed by atoms with van der Waals surface area (Å²) < 4.78 is 5.35. The molecule has 0 aromatic heterocycles. The van der Waals surface area contributed by atoms with E-state index >= 15 is 0 Å². The minimum atomic E-state index is -0.219. The number of fused-ring (bicyclic) bond motifs is 1. The third kappa shape index (κ3) is 4.03. The number of rotatable bonds is 5. The quantitative estimate of drug-likeness (QED) is 0.763. The number of benzene rings is 2. The molecule has 1 N–H and O–H groups in total. The molecule has 0 saturated heterocycles. The second-order valence-corrected chi connectivity index (χ2v) is 7.80. The van der Waals surface area contributed by atoms with E-state index in [2.05, 4.69) is 6.58 Å². The van der Waals surface area contributed by atoms with Gasteiger partial charge in [0.25, 0.3) is 5.91 Å². The summed E-state index contributed by atoms with van der Waals surface area (Å²) in [5.74, 6) is 0.223. The Bertz CT molecular complexity index is 997. The first-order valence-electron chi connectivity index (χ1n) is 9.98. The fourth-order valence-electron chi connectivity index (χ4n) is 3.75. The lowest BCUT2D eigenvalue weighted by atomic mass is 9.96. The first-order chi connectivity index (χ1) is 14.3. The first-order valence-corrected chi connectivity index (χ1v) is 9.98. The number of aromatic hydroxyl groups is 1. The van der Waals surface area contributed by atoms with Gasteiger partial charge in [0.2, 0.25) is 5.91 Å². The smallest absolute Gasteiger partial charge is 0.257 e. The molecule has 3 rings (SSSR count). The van der Waals surface area contributed by atoms with Crippen molar-refractivity contribution >= 4 is 17.5 Å². The van der Waals surface area contributed by atoms with Crippen LogP contribution in [0.1, 0.15) is 46.8 Å². The van der Waals surface area contributed by atoms with Crippen LogP contribution in [-0.4, -0.2) is 42.5 Å². The van der Waals surface area contributed by atoms with E-state index in [1.807, 2.05) is 32.0 Å². The van der Waals surface area contributed by atoms with Crippen LogP contribution in [0.2, 0.25) is 0 Å². The third-order valence-corrected chi connectivity index (χ3v) is 5.58. The number of phenols is 1. The normalized spacial score (nSPS) is 13.0. The van der Waals surface area contributed by atoms with Crippen molar-refractivity contribution in [2.75, 3.05) is 25.6 Å². The second-order valence-electron chi connectivity index (χ2n) is 7.80. The summed E-state index contributed by atoms with van der Waals surface area (Å²) in [6.45, 7) is 8.54. The Morgan fingerprint density at radius 2 is 1.97 bits per heavy atom. The average molecular weight is 408 g/mol. The average Bonchev–Trinajstić information content (AvgIpc) is 2.76. The molecule has 1 aliphatic rings. The molecule has 6 nitrogen and oxygen atoms in total. The molecule has 0 fully saturated rings. The molecule has 0 spiro atoms. The van der Waals surface area contributed by atoms with Gasteiger partial charge in [-0.05, 0) is 53.3 Å². The summed E-state index contributed by atoms with van der Waals surface area (Å²) in [5, 5.41) is 10.4. The van der Waals surface area contributed by atoms with Crippen molar-refractivity contribution in [2.45, 2.75) is 32.7 Å². The Morgan fingerprint density at radius 3 is 2.60 bits per heavy atom. The van der Waals surface area contributed by atoms with Gasteiger partial charge in [0.15, 0.2) is 0 Å². The Kier molecular flexibility index (Phi) is 6.15. The van der Waals surface area contributed by atoms with Crippen molar-refractivity contribution < 1.29 is 19.4 Å². The highest BCUT2D eigenvalue weighted by atomic mass is 16.5. The van der Waals surface area contributed by atoms with Crippen LogP contribution in [0.3, 0.4) is 0 Å². The number of amides is 2. The molecule has 0 atom stereocenters. The molecule has 0 aliphatic carbocycles. The number of anilines is 1. The first kappa shape index (κ1) is 21.4. The van der Waals surface area contributed by atoms with Gasteiger partial charge >= 0.3 is 0 Å². The van der Waals surface area contributed by atoms with Gasteiger partial charge in [-0.2, -0.15) is 0 Å². The lowest BCUT2D eigenvalue weighted by Crippen LogP contribution is -2.36. The number of hydrogen-bond donors (Lipinski definition) is 1. The molecular weight excluding hydrogens is 380 g/mol. The largest absolute Gasteiger partial charge is 0.507 e. The molecule has 0 radical (unpaired) electrons. The minimum Gasteiger partial charge on any atom is -0.507 e. The Labute approximate surface area is 177 Å². The van der Waals surface area contributed by atoms with Crippen molar-refractivity contribution in [1.82, 2.24) is 4.90 Å². The van der Waals surface area contributed by atoms with E-state index in [1.54, 1.807) is 25.1 Å². The molecule has 1 heterocycles. The SMILES string of the molecule is C=CC(=O)N(C)c1ccc2c(c1)CN(C(=O)c1cc(C(C)C)c(OC)cc1O)CC2. The molecule has 6 heteroatoms. The molecule has 0 unspecified atom stereocenters. The van der Waals surface area contributed by atoms with Crippen LogP contribution in [0, 0.1) is 0 Å². The van der Waals surface area contributed by atoms with Crippen LogP contribution < -0.4 is 9.64 Å². The number of carbonyl (C=O) groups is 2. The van der Waals surface area contributed by atoms with Crippen molar-refractivity contribution in [1.29, 1.82) is 0 Å². The van der Waals surface area contributed by atoms with Crippen molar-refractivity contribution in [3.63, 3.8) is 0 Å². The Morgan fingerprint density at radius 1 is 1.23 bits per heavy atom. The van der Waals surface area contributed by atoms with E-state index in [0.29, 0.717) is 25.3 Å². The lowest BCUT2D eigenvalue weighted by molar-refractivity contribution is -0.113. The number of methoxy groups -OCH3 is 1. The predicted molar refractivity (Wildman–Crippen MR) is 117 cm³/mol. The number of likely N-dealkylation sites (N-methyl/N-ethyl adjacent to an activating group) is 1. The van der Waals surface area contributed by atoms with Crippen molar-refractivity contribution in [3.8, 4) is 11.5 Å². The number of phenolic OH excluding ortho intramolecular Hbond substituents is 1. The van der Waals surface area contributed by atoms with E-state index in [1.165, 1.54) is 17.0 Å². The van der Waals surface area contributed by atoms with Crippen LogP contribution in [0.25, 0.3) is 0 Å². The zero-order valence-electron chi connectivity index (χ0n) is 17.9. The highest BCUT2D eigenvalue weighted by Gasteiger charge is 2.26. The standard InChI is InChI=1S/C24H28N2O4/c1-6-23(28)25(4)18-8-7-16-9-10-26(14-17(16)11-18)24(29)20-12-19(15(2)3)22(30-5)13-21(20)27/h6-8,11-13,15,27H,1,9-10,14H2,2-5H3. The fourth-order valence-corrected chi connectivity index (χ4v) is 3.75. The monoisotopic (exact) mass is 408 g/mol. The summed E-state index contributed by atoms with van der Waals surface area (Å²) in [6.07, 6.45) is 1.99. The number of hydrogen-bond acceptors (Lipinski definition) is 4. The van der Waals surface area contributed by atoms with Gasteiger partial charge in [-0.25, -0.2) is 0 Å². The summed E-state index contributed by atoms with van der Waals surface area (Å²) in [5.41, 5.74) is 4.06. The van der Waals surface area contributed by atoms with Gasteiger partial charge in [-0.1, -0.05) is 26.5 Å².